The van der Waals surface area contributed by atoms with E-state index in [1.54, 1.807) is 17.0 Å². The van der Waals surface area contributed by atoms with Gasteiger partial charge in [-0.05, 0) is 23.8 Å². The molecule has 4 rings (SSSR count). The number of H-pyrrole nitrogens is 1. The second-order valence-electron chi connectivity index (χ2n) is 5.78. The molecule has 2 heterocycles. The number of carbonyl (C=O) groups is 1. The molecule has 6 heteroatoms. The van der Waals surface area contributed by atoms with Crippen molar-refractivity contribution in [2.24, 2.45) is 0 Å². The summed E-state index contributed by atoms with van der Waals surface area (Å²) in [6, 6.07) is 13.7. The van der Waals surface area contributed by atoms with E-state index in [0.29, 0.717) is 25.4 Å². The lowest BCUT2D eigenvalue weighted by Gasteiger charge is -2.32. The molecule has 1 fully saturated rings. The number of nitrogens with one attached hydrogen (secondary N) is 1. The molecule has 1 aromatic heterocycles. The Kier molecular flexibility index (Phi) is 3.74. The van der Waals surface area contributed by atoms with Gasteiger partial charge in [-0.15, -0.1) is 0 Å². The number of hydrogen-bond acceptors (Lipinski definition) is 3. The number of nitrogens with zero attached hydrogens (tertiary/aromatic N) is 2. The van der Waals surface area contributed by atoms with Gasteiger partial charge in [0.2, 0.25) is 0 Å². The van der Waals surface area contributed by atoms with Crippen molar-refractivity contribution < 1.29 is 13.9 Å². The molecule has 1 saturated heterocycles. The molecule has 1 amide bonds. The molecule has 0 aliphatic carbocycles. The third kappa shape index (κ3) is 2.65. The normalized spacial score (nSPS) is 18.0. The largest absolute Gasteiger partial charge is 0.370 e. The van der Waals surface area contributed by atoms with E-state index in [1.165, 1.54) is 12.1 Å². The molecular weight excluding hydrogens is 309 g/mol. The Morgan fingerprint density at radius 2 is 2.00 bits per heavy atom. The molecular formula is C18H16FN3O2. The first kappa shape index (κ1) is 14.8. The molecule has 1 unspecified atom stereocenters. The second kappa shape index (κ2) is 6.05. The van der Waals surface area contributed by atoms with Gasteiger partial charge in [0, 0.05) is 11.9 Å². The van der Waals surface area contributed by atoms with E-state index >= 15 is 0 Å². The minimum absolute atomic E-state index is 0.122. The highest BCUT2D eigenvalue weighted by molar-refractivity contribution is 6.04. The summed E-state index contributed by atoms with van der Waals surface area (Å²) in [5.74, 6) is -0.409. The molecule has 24 heavy (non-hydrogen) atoms. The Balaban J connectivity index is 1.57. The fourth-order valence-corrected chi connectivity index (χ4v) is 2.99. The number of rotatable bonds is 2. The van der Waals surface area contributed by atoms with Gasteiger partial charge in [0.1, 0.15) is 11.9 Å². The van der Waals surface area contributed by atoms with Gasteiger partial charge in [-0.25, -0.2) is 4.39 Å². The van der Waals surface area contributed by atoms with Gasteiger partial charge in [-0.2, -0.15) is 5.10 Å². The van der Waals surface area contributed by atoms with Gasteiger partial charge in [0.25, 0.3) is 5.91 Å². The molecule has 2 aromatic carbocycles. The van der Waals surface area contributed by atoms with Crippen molar-refractivity contribution >= 4 is 16.8 Å². The molecule has 3 aromatic rings. The lowest BCUT2D eigenvalue weighted by atomic mass is 10.1. The average molecular weight is 325 g/mol. The van der Waals surface area contributed by atoms with Crippen LogP contribution in [0, 0.1) is 5.82 Å². The van der Waals surface area contributed by atoms with Gasteiger partial charge in [0.15, 0.2) is 5.69 Å². The first-order valence-electron chi connectivity index (χ1n) is 7.82. The monoisotopic (exact) mass is 325 g/mol. The third-order valence-corrected chi connectivity index (χ3v) is 4.27. The van der Waals surface area contributed by atoms with E-state index in [1.807, 2.05) is 24.3 Å². The van der Waals surface area contributed by atoms with Gasteiger partial charge >= 0.3 is 0 Å². The predicted molar refractivity (Wildman–Crippen MR) is 87.1 cm³/mol. The molecule has 5 nitrogen and oxygen atoms in total. The lowest BCUT2D eigenvalue weighted by Crippen LogP contribution is -2.42. The number of halogens is 1. The number of benzene rings is 2. The fourth-order valence-electron chi connectivity index (χ4n) is 2.99. The van der Waals surface area contributed by atoms with E-state index in [0.717, 1.165) is 16.5 Å². The summed E-state index contributed by atoms with van der Waals surface area (Å²) in [6.45, 7) is 1.37. The first-order valence-corrected chi connectivity index (χ1v) is 7.82. The van der Waals surface area contributed by atoms with Crippen LogP contribution in [0.5, 0.6) is 0 Å². The van der Waals surface area contributed by atoms with Gasteiger partial charge in [-0.1, -0.05) is 30.3 Å². The first-order chi connectivity index (χ1) is 11.7. The Hall–Kier alpha value is -2.73. The highest BCUT2D eigenvalue weighted by Crippen LogP contribution is 2.24. The predicted octanol–water partition coefficient (Wildman–Crippen LogP) is 2.92. The number of hydrogen-bond donors (Lipinski definition) is 1. The van der Waals surface area contributed by atoms with Crippen molar-refractivity contribution in [2.45, 2.75) is 6.10 Å². The number of amides is 1. The molecule has 1 aliphatic heterocycles. The van der Waals surface area contributed by atoms with E-state index < -0.39 is 0 Å². The summed E-state index contributed by atoms with van der Waals surface area (Å²) in [6.07, 6.45) is -0.256. The van der Waals surface area contributed by atoms with Crippen molar-refractivity contribution in [1.82, 2.24) is 15.1 Å². The zero-order valence-corrected chi connectivity index (χ0v) is 12.9. The maximum atomic E-state index is 13.1. The summed E-state index contributed by atoms with van der Waals surface area (Å²) in [5.41, 5.74) is 2.12. The quantitative estimate of drug-likeness (QED) is 0.788. The number of ether oxygens (including phenoxy) is 1. The lowest BCUT2D eigenvalue weighted by molar-refractivity contribution is -0.0229. The summed E-state index contributed by atoms with van der Waals surface area (Å²) >= 11 is 0. The van der Waals surface area contributed by atoms with Crippen LogP contribution in [-0.2, 0) is 4.74 Å². The molecule has 0 spiro atoms. The highest BCUT2D eigenvalue weighted by atomic mass is 19.1. The van der Waals surface area contributed by atoms with Crippen LogP contribution in [0.2, 0.25) is 0 Å². The molecule has 1 N–H and O–H groups in total. The van der Waals surface area contributed by atoms with Crippen molar-refractivity contribution in [2.75, 3.05) is 19.7 Å². The van der Waals surface area contributed by atoms with Crippen LogP contribution in [0.3, 0.4) is 0 Å². The van der Waals surface area contributed by atoms with Crippen molar-refractivity contribution in [3.05, 3.63) is 65.6 Å². The van der Waals surface area contributed by atoms with Crippen molar-refractivity contribution in [3.63, 3.8) is 0 Å². The SMILES string of the molecule is O=C(c1n[nH]c2ccccc12)N1CCOC(c2ccc(F)cc2)C1. The minimum Gasteiger partial charge on any atom is -0.370 e. The maximum Gasteiger partial charge on any atom is 0.275 e. The van der Waals surface area contributed by atoms with Crippen LogP contribution in [0.4, 0.5) is 4.39 Å². The van der Waals surface area contributed by atoms with Crippen LogP contribution in [-0.4, -0.2) is 40.7 Å². The van der Waals surface area contributed by atoms with Crippen LogP contribution >= 0.6 is 0 Å². The summed E-state index contributed by atoms with van der Waals surface area (Å²) in [5, 5.41) is 7.87. The number of para-hydroxylation sites is 1. The molecule has 1 atom stereocenters. The Morgan fingerprint density at radius 3 is 2.83 bits per heavy atom. The summed E-state index contributed by atoms with van der Waals surface area (Å²) in [7, 11) is 0. The molecule has 1 aliphatic rings. The second-order valence-corrected chi connectivity index (χ2v) is 5.78. The number of aromatic nitrogens is 2. The fraction of sp³-hybridized carbons (Fsp3) is 0.222. The highest BCUT2D eigenvalue weighted by Gasteiger charge is 2.28. The van der Waals surface area contributed by atoms with Crippen LogP contribution in [0.15, 0.2) is 48.5 Å². The van der Waals surface area contributed by atoms with Crippen LogP contribution in [0.1, 0.15) is 22.2 Å². The zero-order chi connectivity index (χ0) is 16.5. The average Bonchev–Trinajstić information content (AvgIpc) is 3.06. The zero-order valence-electron chi connectivity index (χ0n) is 12.9. The summed E-state index contributed by atoms with van der Waals surface area (Å²) < 4.78 is 18.8. The number of carbonyl (C=O) groups excluding carboxylic acids is 1. The van der Waals surface area contributed by atoms with Gasteiger partial charge in [-0.3, -0.25) is 9.89 Å². The van der Waals surface area contributed by atoms with Gasteiger partial charge < -0.3 is 9.64 Å². The Bertz CT molecular complexity index is 875. The number of fused-ring (bicyclic) bond motifs is 1. The van der Waals surface area contributed by atoms with E-state index in [9.17, 15) is 9.18 Å². The van der Waals surface area contributed by atoms with Crippen molar-refractivity contribution in [3.8, 4) is 0 Å². The Labute approximate surface area is 138 Å². The smallest absolute Gasteiger partial charge is 0.275 e. The minimum atomic E-state index is -0.287. The summed E-state index contributed by atoms with van der Waals surface area (Å²) in [4.78, 5) is 14.6. The van der Waals surface area contributed by atoms with E-state index in [4.69, 9.17) is 4.74 Å². The molecule has 0 bridgehead atoms. The number of morpholine rings is 1. The third-order valence-electron chi connectivity index (χ3n) is 4.27. The number of aromatic amines is 1. The van der Waals surface area contributed by atoms with E-state index in [-0.39, 0.29) is 17.8 Å². The Morgan fingerprint density at radius 1 is 1.21 bits per heavy atom. The standard InChI is InChI=1S/C18H16FN3O2/c19-13-7-5-12(6-8-13)16-11-22(9-10-24-16)18(23)17-14-3-1-2-4-15(14)20-21-17/h1-8,16H,9-11H2,(H,20,21). The van der Waals surface area contributed by atoms with Crippen LogP contribution < -0.4 is 0 Å². The molecule has 122 valence electrons. The van der Waals surface area contributed by atoms with E-state index in [2.05, 4.69) is 10.2 Å². The van der Waals surface area contributed by atoms with Gasteiger partial charge in [0.05, 0.1) is 18.7 Å². The maximum absolute atomic E-state index is 13.1. The molecule has 0 saturated carbocycles. The molecule has 0 radical (unpaired) electrons. The topological polar surface area (TPSA) is 58.2 Å². The van der Waals surface area contributed by atoms with Crippen LogP contribution in [0.25, 0.3) is 10.9 Å². The van der Waals surface area contributed by atoms with Crippen molar-refractivity contribution in [1.29, 1.82) is 0 Å².